The van der Waals surface area contributed by atoms with Crippen molar-refractivity contribution in [2.75, 3.05) is 36.8 Å². The van der Waals surface area contributed by atoms with Gasteiger partial charge in [-0.15, -0.1) is 0 Å². The van der Waals surface area contributed by atoms with Crippen LogP contribution in [0.1, 0.15) is 20.3 Å². The second-order valence-corrected chi connectivity index (χ2v) is 5.34. The maximum absolute atomic E-state index is 5.76. The zero-order valence-corrected chi connectivity index (χ0v) is 12.5. The summed E-state index contributed by atoms with van der Waals surface area (Å²) in [5, 5.41) is 0. The molecule has 0 saturated carbocycles. The highest BCUT2D eigenvalue weighted by Crippen LogP contribution is 2.22. The largest absolute Gasteiger partial charge is 0.383 e. The summed E-state index contributed by atoms with van der Waals surface area (Å²) in [6.45, 7) is 8.58. The van der Waals surface area contributed by atoms with E-state index in [0.717, 1.165) is 43.2 Å². The molecule has 1 atom stereocenters. The van der Waals surface area contributed by atoms with Crippen molar-refractivity contribution in [2.45, 2.75) is 26.3 Å². The maximum Gasteiger partial charge on any atom is 0.228 e. The van der Waals surface area contributed by atoms with Crippen LogP contribution in [0.4, 0.5) is 11.8 Å². The number of hydrogen-bond donors (Lipinski definition) is 1. The minimum Gasteiger partial charge on any atom is -0.383 e. The van der Waals surface area contributed by atoms with Gasteiger partial charge in [-0.1, -0.05) is 13.8 Å². The Morgan fingerprint density at radius 2 is 2.17 bits per heavy atom. The van der Waals surface area contributed by atoms with Gasteiger partial charge in [0.1, 0.15) is 10.4 Å². The highest BCUT2D eigenvalue weighted by atomic mass is 79.9. The Hall–Kier alpha value is -0.880. The second kappa shape index (κ2) is 5.84. The van der Waals surface area contributed by atoms with Crippen LogP contribution in [0.2, 0.25) is 0 Å². The van der Waals surface area contributed by atoms with Crippen molar-refractivity contribution in [1.82, 2.24) is 14.9 Å². The molecule has 0 radical (unpaired) electrons. The number of nitrogens with two attached hydrogens (primary N) is 1. The first kappa shape index (κ1) is 13.5. The first-order valence-electron chi connectivity index (χ1n) is 6.43. The van der Waals surface area contributed by atoms with Crippen molar-refractivity contribution < 1.29 is 0 Å². The summed E-state index contributed by atoms with van der Waals surface area (Å²) >= 11 is 3.36. The van der Waals surface area contributed by atoms with Gasteiger partial charge in [-0.3, -0.25) is 4.90 Å². The molecule has 1 aliphatic rings. The van der Waals surface area contributed by atoms with Crippen molar-refractivity contribution in [3.05, 3.63) is 10.7 Å². The number of likely N-dealkylation sites (N-methyl/N-ethyl adjacent to an activating group) is 1. The number of halogens is 1. The first-order valence-corrected chi connectivity index (χ1v) is 7.22. The van der Waals surface area contributed by atoms with Crippen molar-refractivity contribution in [3.8, 4) is 0 Å². The summed E-state index contributed by atoms with van der Waals surface area (Å²) in [6, 6.07) is 2.32. The van der Waals surface area contributed by atoms with Gasteiger partial charge in [-0.2, -0.15) is 4.98 Å². The maximum atomic E-state index is 5.76. The van der Waals surface area contributed by atoms with E-state index in [9.17, 15) is 0 Å². The van der Waals surface area contributed by atoms with Gasteiger partial charge in [-0.25, -0.2) is 4.98 Å². The van der Waals surface area contributed by atoms with E-state index in [1.54, 1.807) is 6.07 Å². The van der Waals surface area contributed by atoms with E-state index in [-0.39, 0.29) is 0 Å². The smallest absolute Gasteiger partial charge is 0.228 e. The second-order valence-electron chi connectivity index (χ2n) is 4.53. The van der Waals surface area contributed by atoms with Gasteiger partial charge in [0, 0.05) is 25.2 Å². The molecule has 1 aromatic heterocycles. The van der Waals surface area contributed by atoms with Crippen molar-refractivity contribution in [3.63, 3.8) is 0 Å². The van der Waals surface area contributed by atoms with E-state index in [1.807, 2.05) is 0 Å². The molecule has 1 aliphatic heterocycles. The number of nitrogen functional groups attached to an aromatic ring is 1. The highest BCUT2D eigenvalue weighted by molar-refractivity contribution is 9.10. The summed E-state index contributed by atoms with van der Waals surface area (Å²) in [5.74, 6) is 1.25. The van der Waals surface area contributed by atoms with E-state index in [0.29, 0.717) is 11.9 Å². The summed E-state index contributed by atoms with van der Waals surface area (Å²) in [7, 11) is 0. The molecule has 1 saturated heterocycles. The normalized spacial score (nSPS) is 19.8. The molecular weight excluding hydrogens is 294 g/mol. The SMILES string of the molecule is CCN(CC)C1CCN(c2nc(N)cc(Br)n2)C1. The van der Waals surface area contributed by atoms with Gasteiger partial charge >= 0.3 is 0 Å². The van der Waals surface area contributed by atoms with Gasteiger partial charge < -0.3 is 10.6 Å². The van der Waals surface area contributed by atoms with Crippen LogP contribution in [0.25, 0.3) is 0 Å². The van der Waals surface area contributed by atoms with Crippen molar-refractivity contribution in [2.24, 2.45) is 0 Å². The Kier molecular flexibility index (Phi) is 4.40. The topological polar surface area (TPSA) is 58.3 Å². The highest BCUT2D eigenvalue weighted by Gasteiger charge is 2.27. The van der Waals surface area contributed by atoms with Crippen LogP contribution in [-0.2, 0) is 0 Å². The molecular formula is C12H20BrN5. The molecule has 1 aromatic rings. The summed E-state index contributed by atoms with van der Waals surface area (Å²) in [6.07, 6.45) is 1.16. The van der Waals surface area contributed by atoms with Crippen LogP contribution in [-0.4, -0.2) is 47.1 Å². The summed E-state index contributed by atoms with van der Waals surface area (Å²) < 4.78 is 0.747. The third kappa shape index (κ3) is 2.92. The molecule has 18 heavy (non-hydrogen) atoms. The fourth-order valence-corrected chi connectivity index (χ4v) is 2.92. The van der Waals surface area contributed by atoms with Gasteiger partial charge in [-0.05, 0) is 35.4 Å². The average Bonchev–Trinajstić information content (AvgIpc) is 2.79. The molecule has 0 aliphatic carbocycles. The molecule has 2 rings (SSSR count). The molecule has 0 spiro atoms. The monoisotopic (exact) mass is 313 g/mol. The van der Waals surface area contributed by atoms with Crippen LogP contribution in [0.5, 0.6) is 0 Å². The standard InChI is InChI=1S/C12H20BrN5/c1-3-17(4-2)9-5-6-18(8-9)12-15-10(13)7-11(14)16-12/h7,9H,3-6,8H2,1-2H3,(H2,14,15,16). The van der Waals surface area contributed by atoms with E-state index in [4.69, 9.17) is 5.73 Å². The Balaban J connectivity index is 2.08. The van der Waals surface area contributed by atoms with Crippen LogP contribution < -0.4 is 10.6 Å². The minimum atomic E-state index is 0.512. The van der Waals surface area contributed by atoms with Crippen LogP contribution >= 0.6 is 15.9 Å². The molecule has 0 amide bonds. The molecule has 100 valence electrons. The molecule has 2 N–H and O–H groups in total. The molecule has 0 bridgehead atoms. The lowest BCUT2D eigenvalue weighted by atomic mass is 10.2. The van der Waals surface area contributed by atoms with Gasteiger partial charge in [0.05, 0.1) is 0 Å². The lowest BCUT2D eigenvalue weighted by molar-refractivity contribution is 0.232. The Morgan fingerprint density at radius 3 is 2.78 bits per heavy atom. The molecule has 5 nitrogen and oxygen atoms in total. The zero-order valence-electron chi connectivity index (χ0n) is 10.9. The molecule has 6 heteroatoms. The number of anilines is 2. The number of aromatic nitrogens is 2. The molecule has 0 aromatic carbocycles. The van der Waals surface area contributed by atoms with Gasteiger partial charge in [0.2, 0.25) is 5.95 Å². The fraction of sp³-hybridized carbons (Fsp3) is 0.667. The van der Waals surface area contributed by atoms with E-state index >= 15 is 0 Å². The summed E-state index contributed by atoms with van der Waals surface area (Å²) in [5.41, 5.74) is 5.76. The fourth-order valence-electron chi connectivity index (χ4n) is 2.53. The first-order chi connectivity index (χ1) is 8.63. The summed E-state index contributed by atoms with van der Waals surface area (Å²) in [4.78, 5) is 13.4. The number of rotatable bonds is 4. The van der Waals surface area contributed by atoms with Crippen molar-refractivity contribution in [1.29, 1.82) is 0 Å². The van der Waals surface area contributed by atoms with Crippen molar-refractivity contribution >= 4 is 27.7 Å². The van der Waals surface area contributed by atoms with Crippen LogP contribution in [0, 0.1) is 0 Å². The third-order valence-electron chi connectivity index (χ3n) is 3.48. The Labute approximate surface area is 117 Å². The van der Waals surface area contributed by atoms with Crippen LogP contribution in [0.3, 0.4) is 0 Å². The number of nitrogens with zero attached hydrogens (tertiary/aromatic N) is 4. The molecule has 1 unspecified atom stereocenters. The average molecular weight is 314 g/mol. The quantitative estimate of drug-likeness (QED) is 0.858. The van der Waals surface area contributed by atoms with E-state index < -0.39 is 0 Å². The molecule has 2 heterocycles. The van der Waals surface area contributed by atoms with E-state index in [1.165, 1.54) is 0 Å². The zero-order chi connectivity index (χ0) is 13.1. The van der Waals surface area contributed by atoms with Gasteiger partial charge in [0.15, 0.2) is 0 Å². The third-order valence-corrected chi connectivity index (χ3v) is 3.88. The lowest BCUT2D eigenvalue weighted by Crippen LogP contribution is -2.37. The number of hydrogen-bond acceptors (Lipinski definition) is 5. The molecule has 1 fully saturated rings. The van der Waals surface area contributed by atoms with Crippen LogP contribution in [0.15, 0.2) is 10.7 Å². The predicted octanol–water partition coefficient (Wildman–Crippen LogP) is 1.74. The van der Waals surface area contributed by atoms with Gasteiger partial charge in [0.25, 0.3) is 0 Å². The van der Waals surface area contributed by atoms with E-state index in [2.05, 4.69) is 49.5 Å². The predicted molar refractivity (Wildman–Crippen MR) is 77.7 cm³/mol. The lowest BCUT2D eigenvalue weighted by Gasteiger charge is -2.26. The Bertz CT molecular complexity index is 387. The minimum absolute atomic E-state index is 0.512. The Morgan fingerprint density at radius 1 is 1.44 bits per heavy atom.